The largest absolute Gasteiger partial charge is 0.394 e. The molecule has 14 heteroatoms. The zero-order valence-corrected chi connectivity index (χ0v) is 55.3. The SMILES string of the molecule is CC/C=C\C/C=C\C/C=C\C/C=C\CCCCCCCCCCCCCCCCCCCCCCCCCCCCC(=O)NC(COC1OC(CO)C(OC2OC(CO)C(O)C(O)C2O)C(O)C1O)C(O)/C=C/CCCCCCCCCCCCCC. The van der Waals surface area contributed by atoms with Gasteiger partial charge in [0.05, 0.1) is 32.0 Å². The monoisotopic (exact) mass is 1230 g/mol. The third-order valence-electron chi connectivity index (χ3n) is 17.5. The summed E-state index contributed by atoms with van der Waals surface area (Å²) in [4.78, 5) is 13.3. The summed E-state index contributed by atoms with van der Waals surface area (Å²) in [6, 6.07) is -0.913. The van der Waals surface area contributed by atoms with Gasteiger partial charge in [-0.2, -0.15) is 0 Å². The fraction of sp³-hybridized carbons (Fsp3) is 0.849. The molecular formula is C73H133NO13. The van der Waals surface area contributed by atoms with E-state index in [4.69, 9.17) is 18.9 Å². The molecule has 0 bridgehead atoms. The maximum atomic E-state index is 13.3. The van der Waals surface area contributed by atoms with E-state index < -0.39 is 86.8 Å². The van der Waals surface area contributed by atoms with Gasteiger partial charge in [-0.3, -0.25) is 4.79 Å². The van der Waals surface area contributed by atoms with Gasteiger partial charge in [-0.25, -0.2) is 0 Å². The zero-order valence-electron chi connectivity index (χ0n) is 55.3. The molecule has 2 rings (SSSR count). The second-order valence-electron chi connectivity index (χ2n) is 25.3. The Balaban J connectivity index is 1.55. The molecule has 2 saturated heterocycles. The van der Waals surface area contributed by atoms with Crippen LogP contribution in [0.2, 0.25) is 0 Å². The lowest BCUT2D eigenvalue weighted by molar-refractivity contribution is -0.359. The number of aliphatic hydroxyl groups is 8. The Kier molecular flexibility index (Phi) is 53.5. The standard InChI is InChI=1S/C73H133NO13/c1-3-5-7-9-11-13-15-17-19-20-21-22-23-24-25-26-27-28-29-30-31-32-33-34-35-36-37-38-39-40-41-42-43-45-47-49-51-53-55-57-65(78)74-61(62(77)56-54-52-50-48-46-44-18-16-14-12-10-8-6-4-2)60-84-72-70(83)68(81)71(64(59-76)86-72)87-73-69(82)67(80)66(79)63(58-75)85-73/h5,7,11,13,17,19,21-22,54,56,61-64,66-73,75-77,79-83H,3-4,6,8-10,12,14-16,18,20,23-53,55,57-60H2,1-2H3,(H,74,78)/b7-5-,13-11-,19-17-,22-21-,56-54+. The van der Waals surface area contributed by atoms with Crippen molar-refractivity contribution < 1.29 is 64.6 Å². The Morgan fingerprint density at radius 2 is 0.793 bits per heavy atom. The van der Waals surface area contributed by atoms with Gasteiger partial charge in [0.25, 0.3) is 0 Å². The van der Waals surface area contributed by atoms with Gasteiger partial charge in [-0.15, -0.1) is 0 Å². The first kappa shape index (κ1) is 80.8. The van der Waals surface area contributed by atoms with E-state index in [9.17, 15) is 45.6 Å². The number of hydrogen-bond acceptors (Lipinski definition) is 13. The zero-order chi connectivity index (χ0) is 63.1. The topological polar surface area (TPSA) is 228 Å². The third-order valence-corrected chi connectivity index (χ3v) is 17.5. The molecule has 12 atom stereocenters. The number of amides is 1. The van der Waals surface area contributed by atoms with Crippen LogP contribution in [-0.4, -0.2) is 140 Å². The molecule has 0 spiro atoms. The minimum atomic E-state index is -1.79. The number of carbonyl (C=O) groups is 1. The van der Waals surface area contributed by atoms with E-state index in [1.54, 1.807) is 6.08 Å². The molecule has 508 valence electrons. The normalized spacial score (nSPS) is 23.6. The second kappa shape index (κ2) is 57.6. The Morgan fingerprint density at radius 1 is 0.425 bits per heavy atom. The molecule has 2 fully saturated rings. The average Bonchev–Trinajstić information content (AvgIpc) is 2.05. The molecule has 0 aliphatic carbocycles. The lowest BCUT2D eigenvalue weighted by atomic mass is 9.97. The Labute approximate surface area is 530 Å². The summed E-state index contributed by atoms with van der Waals surface area (Å²) in [5, 5.41) is 87.3. The lowest BCUT2D eigenvalue weighted by Gasteiger charge is -2.46. The molecule has 14 nitrogen and oxygen atoms in total. The molecule has 0 aromatic rings. The van der Waals surface area contributed by atoms with Gasteiger partial charge in [-0.1, -0.05) is 299 Å². The van der Waals surface area contributed by atoms with Crippen LogP contribution < -0.4 is 5.32 Å². The van der Waals surface area contributed by atoms with Crippen LogP contribution in [0.15, 0.2) is 60.8 Å². The van der Waals surface area contributed by atoms with Crippen LogP contribution >= 0.6 is 0 Å². The lowest BCUT2D eigenvalue weighted by Crippen LogP contribution is -2.65. The highest BCUT2D eigenvalue weighted by Gasteiger charge is 2.51. The Morgan fingerprint density at radius 3 is 1.22 bits per heavy atom. The van der Waals surface area contributed by atoms with Crippen LogP contribution in [0, 0.1) is 0 Å². The molecule has 9 N–H and O–H groups in total. The molecule has 1 amide bonds. The smallest absolute Gasteiger partial charge is 0.220 e. The number of unbranched alkanes of at least 4 members (excludes halogenated alkanes) is 38. The summed E-state index contributed by atoms with van der Waals surface area (Å²) in [5.74, 6) is -0.235. The molecule has 87 heavy (non-hydrogen) atoms. The predicted molar refractivity (Wildman–Crippen MR) is 355 cm³/mol. The third kappa shape index (κ3) is 41.7. The highest BCUT2D eigenvalue weighted by atomic mass is 16.7. The molecule has 2 heterocycles. The van der Waals surface area contributed by atoms with Gasteiger partial charge in [0.15, 0.2) is 12.6 Å². The van der Waals surface area contributed by atoms with Crippen molar-refractivity contribution in [2.75, 3.05) is 19.8 Å². The second-order valence-corrected chi connectivity index (χ2v) is 25.3. The number of nitrogens with one attached hydrogen (secondary N) is 1. The highest BCUT2D eigenvalue weighted by molar-refractivity contribution is 5.76. The summed E-state index contributed by atoms with van der Waals surface area (Å²) in [5.41, 5.74) is 0. The molecule has 0 aromatic carbocycles. The van der Waals surface area contributed by atoms with Crippen LogP contribution in [0.1, 0.15) is 303 Å². The minimum absolute atomic E-state index is 0.235. The van der Waals surface area contributed by atoms with Gasteiger partial charge < -0.3 is 65.1 Å². The fourth-order valence-electron chi connectivity index (χ4n) is 11.8. The van der Waals surface area contributed by atoms with E-state index in [0.717, 1.165) is 64.2 Å². The van der Waals surface area contributed by atoms with E-state index in [-0.39, 0.29) is 18.9 Å². The summed E-state index contributed by atoms with van der Waals surface area (Å²) < 4.78 is 22.8. The summed E-state index contributed by atoms with van der Waals surface area (Å²) in [6.45, 7) is 2.71. The van der Waals surface area contributed by atoms with Gasteiger partial charge in [0, 0.05) is 6.42 Å². The van der Waals surface area contributed by atoms with E-state index in [2.05, 4.69) is 67.8 Å². The van der Waals surface area contributed by atoms with Crippen molar-refractivity contribution in [1.29, 1.82) is 0 Å². The number of ether oxygens (including phenoxy) is 4. The van der Waals surface area contributed by atoms with E-state index in [0.29, 0.717) is 6.42 Å². The molecule has 2 aliphatic heterocycles. The first-order valence-electron chi connectivity index (χ1n) is 36.0. The fourth-order valence-corrected chi connectivity index (χ4v) is 11.8. The van der Waals surface area contributed by atoms with Crippen molar-refractivity contribution in [1.82, 2.24) is 5.32 Å². The molecule has 2 aliphatic rings. The van der Waals surface area contributed by atoms with Crippen LogP contribution in [0.4, 0.5) is 0 Å². The van der Waals surface area contributed by atoms with Gasteiger partial charge in [0.1, 0.15) is 48.8 Å². The quantitative estimate of drug-likeness (QED) is 0.0204. The molecule has 0 saturated carbocycles. The summed E-state index contributed by atoms with van der Waals surface area (Å²) in [7, 11) is 0. The van der Waals surface area contributed by atoms with Crippen LogP contribution in [-0.2, 0) is 23.7 Å². The minimum Gasteiger partial charge on any atom is -0.394 e. The molecular weight excluding hydrogens is 1100 g/mol. The van der Waals surface area contributed by atoms with Crippen molar-refractivity contribution in [2.24, 2.45) is 0 Å². The molecule has 0 radical (unpaired) electrons. The van der Waals surface area contributed by atoms with E-state index >= 15 is 0 Å². The Bertz CT molecular complexity index is 1690. The highest BCUT2D eigenvalue weighted by Crippen LogP contribution is 2.30. The average molecular weight is 1230 g/mol. The van der Waals surface area contributed by atoms with Crippen molar-refractivity contribution in [3.05, 3.63) is 60.8 Å². The maximum Gasteiger partial charge on any atom is 0.220 e. The number of hydrogen-bond donors (Lipinski definition) is 9. The van der Waals surface area contributed by atoms with Crippen molar-refractivity contribution in [2.45, 2.75) is 376 Å². The van der Waals surface area contributed by atoms with Crippen molar-refractivity contribution >= 4 is 5.91 Å². The maximum absolute atomic E-state index is 13.3. The van der Waals surface area contributed by atoms with Crippen molar-refractivity contribution in [3.63, 3.8) is 0 Å². The van der Waals surface area contributed by atoms with Crippen molar-refractivity contribution in [3.8, 4) is 0 Å². The predicted octanol–water partition coefficient (Wildman–Crippen LogP) is 14.8. The van der Waals surface area contributed by atoms with Gasteiger partial charge >= 0.3 is 0 Å². The molecule has 12 unspecified atom stereocenters. The Hall–Kier alpha value is -2.31. The van der Waals surface area contributed by atoms with Crippen LogP contribution in [0.25, 0.3) is 0 Å². The number of carbonyl (C=O) groups excluding carboxylic acids is 1. The summed E-state index contributed by atoms with van der Waals surface area (Å²) >= 11 is 0. The number of allylic oxidation sites excluding steroid dienone is 9. The number of rotatable bonds is 59. The van der Waals surface area contributed by atoms with E-state index in [1.807, 2.05) is 6.08 Å². The first-order chi connectivity index (χ1) is 42.6. The number of aliphatic hydroxyl groups excluding tert-OH is 8. The molecule has 0 aromatic heterocycles. The first-order valence-corrected chi connectivity index (χ1v) is 36.0. The van der Waals surface area contributed by atoms with Crippen LogP contribution in [0.3, 0.4) is 0 Å². The van der Waals surface area contributed by atoms with E-state index in [1.165, 1.54) is 212 Å². The van der Waals surface area contributed by atoms with Gasteiger partial charge in [0.2, 0.25) is 5.91 Å². The van der Waals surface area contributed by atoms with Gasteiger partial charge in [-0.05, 0) is 57.8 Å². The summed E-state index contributed by atoms with van der Waals surface area (Å²) in [6.07, 6.45) is 60.2. The van der Waals surface area contributed by atoms with Crippen LogP contribution in [0.5, 0.6) is 0 Å².